The smallest absolute Gasteiger partial charge is 0.335 e. The van der Waals surface area contributed by atoms with Crippen molar-refractivity contribution in [1.29, 1.82) is 0 Å². The van der Waals surface area contributed by atoms with E-state index in [1.165, 1.54) is 50.7 Å². The summed E-state index contributed by atoms with van der Waals surface area (Å²) in [5, 5.41) is 8.93. The Bertz CT molecular complexity index is 553. The largest absolute Gasteiger partial charge is 0.478 e. The molecule has 4 nitrogen and oxygen atoms in total. The highest BCUT2D eigenvalue weighted by Crippen LogP contribution is 2.43. The topological polar surface area (TPSA) is 57.6 Å². The quantitative estimate of drug-likeness (QED) is 0.908. The van der Waals surface area contributed by atoms with Crippen LogP contribution in [0.2, 0.25) is 0 Å². The number of hydrogen-bond acceptors (Lipinski definition) is 2. The van der Waals surface area contributed by atoms with Crippen LogP contribution in [0.3, 0.4) is 0 Å². The molecule has 1 N–H and O–H groups in total. The maximum atomic E-state index is 12.7. The number of benzene rings is 1. The minimum atomic E-state index is -0.960. The molecule has 118 valence electrons. The minimum absolute atomic E-state index is 0.0431. The molecule has 1 aromatic carbocycles. The lowest BCUT2D eigenvalue weighted by molar-refractivity contribution is 0.0384. The third-order valence-corrected chi connectivity index (χ3v) is 5.24. The summed E-state index contributed by atoms with van der Waals surface area (Å²) in [6.07, 6.45) is 8.72. The molecular weight excluding hydrogens is 278 g/mol. The molecule has 2 fully saturated rings. The van der Waals surface area contributed by atoms with Crippen LogP contribution >= 0.6 is 0 Å². The Morgan fingerprint density at radius 1 is 0.909 bits per heavy atom. The first-order valence-corrected chi connectivity index (χ1v) is 8.22. The monoisotopic (exact) mass is 301 g/mol. The van der Waals surface area contributed by atoms with E-state index in [2.05, 4.69) is 0 Å². The van der Waals surface area contributed by atoms with E-state index in [-0.39, 0.29) is 11.5 Å². The molecule has 0 unspecified atom stereocenters. The summed E-state index contributed by atoms with van der Waals surface area (Å²) < 4.78 is 0. The number of likely N-dealkylation sites (tertiary alicyclic amines) is 1. The predicted molar refractivity (Wildman–Crippen MR) is 84.1 cm³/mol. The summed E-state index contributed by atoms with van der Waals surface area (Å²) in [4.78, 5) is 25.6. The van der Waals surface area contributed by atoms with Gasteiger partial charge < -0.3 is 10.0 Å². The van der Waals surface area contributed by atoms with Gasteiger partial charge in [0.15, 0.2) is 0 Å². The van der Waals surface area contributed by atoms with Crippen LogP contribution in [0, 0.1) is 5.41 Å². The first-order chi connectivity index (χ1) is 10.6. The van der Waals surface area contributed by atoms with Gasteiger partial charge >= 0.3 is 5.97 Å². The van der Waals surface area contributed by atoms with Gasteiger partial charge in [-0.05, 0) is 55.4 Å². The van der Waals surface area contributed by atoms with Crippen LogP contribution in [0.5, 0.6) is 0 Å². The van der Waals surface area contributed by atoms with Gasteiger partial charge in [-0.15, -0.1) is 0 Å². The Labute approximate surface area is 131 Å². The molecule has 0 atom stereocenters. The maximum Gasteiger partial charge on any atom is 0.335 e. The van der Waals surface area contributed by atoms with Crippen molar-refractivity contribution in [3.63, 3.8) is 0 Å². The Hall–Kier alpha value is -1.84. The lowest BCUT2D eigenvalue weighted by atomic mass is 9.69. The molecule has 1 aromatic rings. The van der Waals surface area contributed by atoms with E-state index in [4.69, 9.17) is 5.11 Å². The Morgan fingerprint density at radius 2 is 1.50 bits per heavy atom. The van der Waals surface area contributed by atoms with Crippen LogP contribution in [-0.2, 0) is 0 Å². The number of amides is 1. The predicted octanol–water partition coefficient (Wildman–Crippen LogP) is 3.57. The maximum absolute atomic E-state index is 12.7. The molecule has 4 heteroatoms. The van der Waals surface area contributed by atoms with Crippen LogP contribution in [0.25, 0.3) is 0 Å². The van der Waals surface area contributed by atoms with E-state index in [1.807, 2.05) is 4.90 Å². The zero-order valence-corrected chi connectivity index (χ0v) is 12.9. The molecule has 1 amide bonds. The van der Waals surface area contributed by atoms with Gasteiger partial charge in [-0.3, -0.25) is 4.79 Å². The van der Waals surface area contributed by atoms with Crippen LogP contribution in [0.4, 0.5) is 0 Å². The van der Waals surface area contributed by atoms with Crippen molar-refractivity contribution in [2.45, 2.75) is 44.9 Å². The van der Waals surface area contributed by atoms with Gasteiger partial charge in [0.2, 0.25) is 0 Å². The number of carbonyl (C=O) groups is 2. The lowest BCUT2D eigenvalue weighted by Crippen LogP contribution is -2.46. The van der Waals surface area contributed by atoms with E-state index >= 15 is 0 Å². The van der Waals surface area contributed by atoms with Crippen LogP contribution in [0.1, 0.15) is 65.7 Å². The highest BCUT2D eigenvalue weighted by Gasteiger charge is 2.37. The fraction of sp³-hybridized carbons (Fsp3) is 0.556. The van der Waals surface area contributed by atoms with Crippen molar-refractivity contribution in [1.82, 2.24) is 4.90 Å². The summed E-state index contributed by atoms with van der Waals surface area (Å²) >= 11 is 0. The second kappa shape index (κ2) is 6.11. The molecule has 3 rings (SSSR count). The van der Waals surface area contributed by atoms with Gasteiger partial charge in [0.1, 0.15) is 0 Å². The number of nitrogens with zero attached hydrogens (tertiary/aromatic N) is 1. The number of carbonyl (C=O) groups excluding carboxylic acids is 1. The third-order valence-electron chi connectivity index (χ3n) is 5.24. The average Bonchev–Trinajstić information content (AvgIpc) is 2.55. The SMILES string of the molecule is O=C(O)c1ccc(C(=O)N2CCCC3(CCCCC3)C2)cc1. The minimum Gasteiger partial charge on any atom is -0.478 e. The van der Waals surface area contributed by atoms with Crippen molar-refractivity contribution in [3.05, 3.63) is 35.4 Å². The summed E-state index contributed by atoms with van der Waals surface area (Å²) in [6.45, 7) is 1.69. The van der Waals surface area contributed by atoms with Crippen molar-refractivity contribution in [2.75, 3.05) is 13.1 Å². The molecule has 0 aromatic heterocycles. The Kier molecular flexibility index (Phi) is 4.19. The number of hydrogen-bond donors (Lipinski definition) is 1. The highest BCUT2D eigenvalue weighted by atomic mass is 16.4. The molecule has 1 saturated heterocycles. The van der Waals surface area contributed by atoms with Gasteiger partial charge in [0, 0.05) is 18.7 Å². The molecular formula is C18H23NO3. The summed E-state index contributed by atoms with van der Waals surface area (Å²) in [6, 6.07) is 6.29. The van der Waals surface area contributed by atoms with Crippen LogP contribution < -0.4 is 0 Å². The van der Waals surface area contributed by atoms with Crippen molar-refractivity contribution >= 4 is 11.9 Å². The zero-order chi connectivity index (χ0) is 15.6. The normalized spacial score (nSPS) is 20.8. The second-order valence-corrected chi connectivity index (χ2v) is 6.77. The van der Waals surface area contributed by atoms with Gasteiger partial charge in [0.25, 0.3) is 5.91 Å². The van der Waals surface area contributed by atoms with Crippen LogP contribution in [0.15, 0.2) is 24.3 Å². The number of piperidine rings is 1. The van der Waals surface area contributed by atoms with Crippen LogP contribution in [-0.4, -0.2) is 35.0 Å². The third kappa shape index (κ3) is 3.01. The number of carboxylic acid groups (broad SMARTS) is 1. The molecule has 2 aliphatic rings. The van der Waals surface area contributed by atoms with E-state index in [9.17, 15) is 9.59 Å². The average molecular weight is 301 g/mol. The van der Waals surface area contributed by atoms with E-state index in [0.717, 1.165) is 19.5 Å². The summed E-state index contributed by atoms with van der Waals surface area (Å²) in [5.41, 5.74) is 1.16. The standard InChI is InChI=1S/C18H23NO3/c20-16(14-5-7-15(8-6-14)17(21)22)19-12-4-11-18(13-19)9-2-1-3-10-18/h5-8H,1-4,9-13H2,(H,21,22). The summed E-state index contributed by atoms with van der Waals surface area (Å²) in [5.74, 6) is -0.917. The first-order valence-electron chi connectivity index (χ1n) is 8.22. The van der Waals surface area contributed by atoms with Crippen molar-refractivity contribution in [3.8, 4) is 0 Å². The fourth-order valence-corrected chi connectivity index (χ4v) is 4.03. The van der Waals surface area contributed by atoms with Gasteiger partial charge in [-0.1, -0.05) is 19.3 Å². The highest BCUT2D eigenvalue weighted by molar-refractivity contribution is 5.96. The molecule has 0 bridgehead atoms. The molecule has 1 aliphatic heterocycles. The molecule has 1 aliphatic carbocycles. The molecule has 1 spiro atoms. The van der Waals surface area contributed by atoms with E-state index in [0.29, 0.717) is 11.0 Å². The lowest BCUT2D eigenvalue weighted by Gasteiger charge is -2.45. The van der Waals surface area contributed by atoms with Gasteiger partial charge in [-0.2, -0.15) is 0 Å². The van der Waals surface area contributed by atoms with Crippen molar-refractivity contribution < 1.29 is 14.7 Å². The molecule has 1 saturated carbocycles. The van der Waals surface area contributed by atoms with Gasteiger partial charge in [0.05, 0.1) is 5.56 Å². The fourth-order valence-electron chi connectivity index (χ4n) is 4.03. The number of carboxylic acids is 1. The van der Waals surface area contributed by atoms with Gasteiger partial charge in [-0.25, -0.2) is 4.79 Å². The van der Waals surface area contributed by atoms with Crippen molar-refractivity contribution in [2.24, 2.45) is 5.41 Å². The number of rotatable bonds is 2. The molecule has 22 heavy (non-hydrogen) atoms. The number of aromatic carboxylic acids is 1. The zero-order valence-electron chi connectivity index (χ0n) is 12.9. The van der Waals surface area contributed by atoms with E-state index in [1.54, 1.807) is 12.1 Å². The first kappa shape index (κ1) is 15.1. The van der Waals surface area contributed by atoms with E-state index < -0.39 is 5.97 Å². The molecule has 1 heterocycles. The summed E-state index contributed by atoms with van der Waals surface area (Å²) in [7, 11) is 0. The molecule has 0 radical (unpaired) electrons. The second-order valence-electron chi connectivity index (χ2n) is 6.77. The Balaban J connectivity index is 1.72. The Morgan fingerprint density at radius 3 is 2.14 bits per heavy atom.